The summed E-state index contributed by atoms with van der Waals surface area (Å²) < 4.78 is 28.5. The lowest BCUT2D eigenvalue weighted by Gasteiger charge is -2.26. The van der Waals surface area contributed by atoms with Crippen LogP contribution in [-0.2, 0) is 0 Å². The van der Waals surface area contributed by atoms with E-state index in [2.05, 4.69) is 10.2 Å². The van der Waals surface area contributed by atoms with Gasteiger partial charge in [-0.25, -0.2) is 8.78 Å². The molecule has 0 aliphatic carbocycles. The van der Waals surface area contributed by atoms with E-state index in [0.717, 1.165) is 17.8 Å². The molecule has 0 fully saturated rings. The zero-order valence-electron chi connectivity index (χ0n) is 17.0. The molecule has 0 saturated heterocycles. The molecule has 0 saturated carbocycles. The number of nitrogens with zero attached hydrogens (tertiary/aromatic N) is 2. The predicted octanol–water partition coefficient (Wildman–Crippen LogP) is 3.83. The highest BCUT2D eigenvalue weighted by Gasteiger charge is 2.25. The Labute approximate surface area is 178 Å². The molecule has 3 aromatic rings. The van der Waals surface area contributed by atoms with Crippen LogP contribution in [0, 0.1) is 11.6 Å². The monoisotopic (exact) mass is 427 g/mol. The van der Waals surface area contributed by atoms with Gasteiger partial charge in [0, 0.05) is 19.0 Å². The summed E-state index contributed by atoms with van der Waals surface area (Å²) in [5, 5.41) is 15.9. The fraction of sp³-hybridized carbons (Fsp3) is 0.261. The Balaban J connectivity index is 1.91. The van der Waals surface area contributed by atoms with E-state index >= 15 is 0 Å². The summed E-state index contributed by atoms with van der Waals surface area (Å²) in [5.41, 5.74) is -0.0713. The fourth-order valence-corrected chi connectivity index (χ4v) is 3.55. The van der Waals surface area contributed by atoms with Gasteiger partial charge in [-0.05, 0) is 30.0 Å². The van der Waals surface area contributed by atoms with Crippen LogP contribution in [0.1, 0.15) is 47.3 Å². The zero-order valence-corrected chi connectivity index (χ0v) is 17.0. The molecule has 8 heteroatoms. The van der Waals surface area contributed by atoms with Gasteiger partial charge in [0.25, 0.3) is 5.91 Å². The smallest absolute Gasteiger partial charge is 0.275 e. The molecule has 1 aromatic heterocycles. The molecular weight excluding hydrogens is 404 g/mol. The first kappa shape index (κ1) is 22.1. The van der Waals surface area contributed by atoms with Crippen LogP contribution in [0.4, 0.5) is 8.78 Å². The van der Waals surface area contributed by atoms with Gasteiger partial charge < -0.3 is 10.0 Å². The van der Waals surface area contributed by atoms with Crippen LogP contribution in [0.2, 0.25) is 0 Å². The van der Waals surface area contributed by atoms with E-state index in [1.54, 1.807) is 0 Å². The highest BCUT2D eigenvalue weighted by molar-refractivity contribution is 5.94. The van der Waals surface area contributed by atoms with Crippen LogP contribution in [0.5, 0.6) is 5.75 Å². The van der Waals surface area contributed by atoms with E-state index in [1.807, 2.05) is 37.3 Å². The zero-order chi connectivity index (χ0) is 22.4. The summed E-state index contributed by atoms with van der Waals surface area (Å²) in [6.07, 6.45) is 1.82. The number of H-pyrrole nitrogens is 1. The van der Waals surface area contributed by atoms with Crippen LogP contribution in [0.3, 0.4) is 0 Å². The lowest BCUT2D eigenvalue weighted by molar-refractivity contribution is 0.0740. The van der Waals surface area contributed by atoms with Gasteiger partial charge >= 0.3 is 0 Å². The van der Waals surface area contributed by atoms with Gasteiger partial charge in [0.05, 0.1) is 6.20 Å². The van der Waals surface area contributed by atoms with Crippen molar-refractivity contribution < 1.29 is 18.7 Å². The summed E-state index contributed by atoms with van der Waals surface area (Å²) >= 11 is 0. The number of aromatic hydroxyl groups is 1. The van der Waals surface area contributed by atoms with Crippen molar-refractivity contribution in [2.24, 2.45) is 0 Å². The minimum absolute atomic E-state index is 0.193. The minimum atomic E-state index is -0.933. The van der Waals surface area contributed by atoms with E-state index in [4.69, 9.17) is 0 Å². The molecule has 1 amide bonds. The number of halogens is 2. The molecule has 0 aliphatic heterocycles. The third-order valence-electron chi connectivity index (χ3n) is 5.07. The number of hydrogen-bond donors (Lipinski definition) is 2. The summed E-state index contributed by atoms with van der Waals surface area (Å²) in [5.74, 6) is -3.63. The minimum Gasteiger partial charge on any atom is -0.502 e. The number of amides is 1. The molecule has 2 aromatic carbocycles. The van der Waals surface area contributed by atoms with Gasteiger partial charge in [0.1, 0.15) is 0 Å². The Morgan fingerprint density at radius 2 is 1.87 bits per heavy atom. The van der Waals surface area contributed by atoms with Crippen molar-refractivity contribution in [2.45, 2.75) is 25.7 Å². The molecule has 0 aliphatic rings. The maximum Gasteiger partial charge on any atom is 0.275 e. The molecule has 2 N–H and O–H groups in total. The summed E-state index contributed by atoms with van der Waals surface area (Å²) in [7, 11) is 0. The van der Waals surface area contributed by atoms with Crippen molar-refractivity contribution in [3.63, 3.8) is 0 Å². The summed E-state index contributed by atoms with van der Waals surface area (Å²) in [6.45, 7) is 2.42. The number of aromatic nitrogens is 2. The van der Waals surface area contributed by atoms with Crippen LogP contribution in [-0.4, -0.2) is 39.2 Å². The maximum absolute atomic E-state index is 14.6. The molecule has 0 bridgehead atoms. The number of benzene rings is 2. The molecule has 1 atom stereocenters. The Morgan fingerprint density at radius 1 is 1.13 bits per heavy atom. The summed E-state index contributed by atoms with van der Waals surface area (Å²) in [6, 6.07) is 13.2. The van der Waals surface area contributed by atoms with Gasteiger partial charge in [-0.3, -0.25) is 14.7 Å². The predicted molar refractivity (Wildman–Crippen MR) is 112 cm³/mol. The fourth-order valence-electron chi connectivity index (χ4n) is 3.55. The molecule has 6 nitrogen and oxygen atoms in total. The number of carbonyl (C=O) groups is 1. The van der Waals surface area contributed by atoms with E-state index in [1.165, 1.54) is 17.0 Å². The molecule has 31 heavy (non-hydrogen) atoms. The van der Waals surface area contributed by atoms with Gasteiger partial charge in [-0.15, -0.1) is 0 Å². The number of aromatic amines is 1. The second-order valence-corrected chi connectivity index (χ2v) is 7.15. The number of rotatable bonds is 8. The molecule has 0 radical (unpaired) electrons. The van der Waals surface area contributed by atoms with Crippen molar-refractivity contribution in [3.05, 3.63) is 93.4 Å². The van der Waals surface area contributed by atoms with Gasteiger partial charge in [0.2, 0.25) is 5.43 Å². The Kier molecular flexibility index (Phi) is 7.12. The Bertz CT molecular complexity index is 1100. The Hall–Kier alpha value is -3.55. The highest BCUT2D eigenvalue weighted by atomic mass is 19.2. The largest absolute Gasteiger partial charge is 0.502 e. The van der Waals surface area contributed by atoms with Gasteiger partial charge in [-0.1, -0.05) is 49.4 Å². The van der Waals surface area contributed by atoms with Gasteiger partial charge in [0.15, 0.2) is 23.1 Å². The topological polar surface area (TPSA) is 86.3 Å². The first-order valence-corrected chi connectivity index (χ1v) is 9.98. The Morgan fingerprint density at radius 3 is 2.58 bits per heavy atom. The van der Waals surface area contributed by atoms with Crippen LogP contribution >= 0.6 is 0 Å². The van der Waals surface area contributed by atoms with E-state index < -0.39 is 34.6 Å². The number of nitrogens with one attached hydrogen (secondary N) is 1. The lowest BCUT2D eigenvalue weighted by Crippen LogP contribution is -2.35. The molecule has 162 valence electrons. The highest BCUT2D eigenvalue weighted by Crippen LogP contribution is 2.31. The SMILES string of the molecule is CCCN(CCC(c1ccccc1)c1cccc(F)c1F)C(=O)c1[nH]ncc(=O)c1O. The molecule has 1 unspecified atom stereocenters. The van der Waals surface area contributed by atoms with Crippen LogP contribution < -0.4 is 5.43 Å². The van der Waals surface area contributed by atoms with Crippen molar-refractivity contribution in [2.75, 3.05) is 13.1 Å². The third kappa shape index (κ3) is 4.96. The van der Waals surface area contributed by atoms with Gasteiger partial charge in [-0.2, -0.15) is 5.10 Å². The summed E-state index contributed by atoms with van der Waals surface area (Å²) in [4.78, 5) is 26.0. The van der Waals surface area contributed by atoms with Crippen molar-refractivity contribution >= 4 is 5.91 Å². The first-order valence-electron chi connectivity index (χ1n) is 9.98. The lowest BCUT2D eigenvalue weighted by atomic mass is 9.88. The third-order valence-corrected chi connectivity index (χ3v) is 5.07. The van der Waals surface area contributed by atoms with E-state index in [-0.39, 0.29) is 17.8 Å². The van der Waals surface area contributed by atoms with Crippen LogP contribution in [0.15, 0.2) is 59.5 Å². The average molecular weight is 427 g/mol. The second-order valence-electron chi connectivity index (χ2n) is 7.15. The second kappa shape index (κ2) is 9.97. The standard InChI is InChI=1S/C23H23F2N3O3/c1-2-12-28(23(31)21-22(30)19(29)14-26-27-21)13-11-16(15-7-4-3-5-8-15)17-9-6-10-18(24)20(17)25/h3-10,14,16H,2,11-13H2,1H3,(H,26,30)(H,27,29). The molecule has 3 rings (SSSR count). The normalized spacial score (nSPS) is 11.8. The maximum atomic E-state index is 14.6. The van der Waals surface area contributed by atoms with E-state index in [0.29, 0.717) is 19.4 Å². The molecule has 0 spiro atoms. The first-order chi connectivity index (χ1) is 14.9. The average Bonchev–Trinajstić information content (AvgIpc) is 2.78. The van der Waals surface area contributed by atoms with Crippen molar-refractivity contribution in [1.82, 2.24) is 15.1 Å². The molecule has 1 heterocycles. The quantitative estimate of drug-likeness (QED) is 0.572. The number of carbonyl (C=O) groups excluding carboxylic acids is 1. The molecular formula is C23H23F2N3O3. The van der Waals surface area contributed by atoms with E-state index in [9.17, 15) is 23.5 Å². The van der Waals surface area contributed by atoms with Crippen molar-refractivity contribution in [1.29, 1.82) is 0 Å². The van der Waals surface area contributed by atoms with Crippen molar-refractivity contribution in [3.8, 4) is 5.75 Å². The van der Waals surface area contributed by atoms with Crippen LogP contribution in [0.25, 0.3) is 0 Å². The number of hydrogen-bond acceptors (Lipinski definition) is 4.